The van der Waals surface area contributed by atoms with E-state index < -0.39 is 0 Å². The molecule has 0 spiro atoms. The molecule has 0 aromatic carbocycles. The van der Waals surface area contributed by atoms with Gasteiger partial charge < -0.3 is 0 Å². The van der Waals surface area contributed by atoms with Gasteiger partial charge in [-0.3, -0.25) is 0 Å². The van der Waals surface area contributed by atoms with Gasteiger partial charge in [-0.15, -0.1) is 0 Å². The van der Waals surface area contributed by atoms with Gasteiger partial charge in [0.15, 0.2) is 0 Å². The highest BCUT2D eigenvalue weighted by Gasteiger charge is 1.84. The van der Waals surface area contributed by atoms with Crippen molar-refractivity contribution in [3.63, 3.8) is 0 Å². The van der Waals surface area contributed by atoms with Crippen molar-refractivity contribution in [2.45, 2.75) is 32.1 Å². The predicted octanol–water partition coefficient (Wildman–Crippen LogP) is 4.73. The molecule has 0 fully saturated rings. The lowest BCUT2D eigenvalue weighted by atomic mass is 10.1. The van der Waals surface area contributed by atoms with Crippen molar-refractivity contribution in [2.75, 3.05) is 0 Å². The topological polar surface area (TPSA) is 0 Å². The van der Waals surface area contributed by atoms with E-state index in [9.17, 15) is 0 Å². The first-order chi connectivity index (χ1) is 7.50. The van der Waals surface area contributed by atoms with Crippen molar-refractivity contribution >= 4 is 0 Å². The van der Waals surface area contributed by atoms with E-state index in [1.807, 2.05) is 12.2 Å². The molecular formula is C15H20. The molecule has 0 saturated carbocycles. The average molecular weight is 200 g/mol. The van der Waals surface area contributed by atoms with Crippen LogP contribution in [0, 0.1) is 0 Å². The van der Waals surface area contributed by atoms with Crippen molar-refractivity contribution in [2.24, 2.45) is 0 Å². The van der Waals surface area contributed by atoms with Gasteiger partial charge in [-0.2, -0.15) is 0 Å². The van der Waals surface area contributed by atoms with Gasteiger partial charge in [0.1, 0.15) is 0 Å². The second-order valence-electron chi connectivity index (χ2n) is 3.65. The second-order valence-corrected chi connectivity index (χ2v) is 3.65. The van der Waals surface area contributed by atoms with E-state index >= 15 is 0 Å². The smallest absolute Gasteiger partial charge is 0.0348 e. The van der Waals surface area contributed by atoms with Crippen LogP contribution < -0.4 is 0 Å². The molecule has 0 aromatic heterocycles. The number of rotatable bonds is 0. The van der Waals surface area contributed by atoms with Crippen molar-refractivity contribution in [1.82, 2.24) is 0 Å². The number of hydrogen-bond acceptors (Lipinski definition) is 0. The third-order valence-corrected chi connectivity index (χ3v) is 2.29. The molecule has 1 rings (SSSR count). The van der Waals surface area contributed by atoms with E-state index in [1.165, 1.54) is 32.1 Å². The largest absolute Gasteiger partial charge is 0.0845 e. The Balaban J connectivity index is 2.43. The highest BCUT2D eigenvalue weighted by Crippen LogP contribution is 2.04. The van der Waals surface area contributed by atoms with Crippen LogP contribution in [-0.4, -0.2) is 0 Å². The molecule has 0 N–H and O–H groups in total. The first kappa shape index (κ1) is 11.8. The van der Waals surface area contributed by atoms with Gasteiger partial charge in [-0.05, 0) is 25.7 Å². The fourth-order valence-electron chi connectivity index (χ4n) is 1.44. The minimum Gasteiger partial charge on any atom is -0.0845 e. The molecule has 0 atom stereocenters. The van der Waals surface area contributed by atoms with Crippen LogP contribution in [-0.2, 0) is 0 Å². The summed E-state index contributed by atoms with van der Waals surface area (Å²) in [5.74, 6) is 0. The average Bonchev–Trinajstić information content (AvgIpc) is 2.27. The van der Waals surface area contributed by atoms with E-state index in [2.05, 4.69) is 48.6 Å². The van der Waals surface area contributed by atoms with Crippen LogP contribution in [0.15, 0.2) is 60.8 Å². The molecule has 0 aromatic rings. The Labute approximate surface area is 93.4 Å². The quantitative estimate of drug-likeness (QED) is 0.530. The summed E-state index contributed by atoms with van der Waals surface area (Å²) in [6.07, 6.45) is 27.5. The van der Waals surface area contributed by atoms with Gasteiger partial charge in [-0.25, -0.2) is 0 Å². The number of allylic oxidation sites excluding steroid dienone is 10. The zero-order chi connectivity index (χ0) is 10.6. The third-order valence-electron chi connectivity index (χ3n) is 2.29. The second kappa shape index (κ2) is 9.26. The number of hydrogen-bond donors (Lipinski definition) is 0. The Bertz CT molecular complexity index is 246. The zero-order valence-electron chi connectivity index (χ0n) is 9.31. The first-order valence-electron chi connectivity index (χ1n) is 5.82. The van der Waals surface area contributed by atoms with Crippen molar-refractivity contribution in [3.8, 4) is 0 Å². The maximum atomic E-state index is 2.25. The summed E-state index contributed by atoms with van der Waals surface area (Å²) >= 11 is 0. The van der Waals surface area contributed by atoms with Crippen molar-refractivity contribution < 1.29 is 0 Å². The van der Waals surface area contributed by atoms with E-state index in [4.69, 9.17) is 0 Å². The van der Waals surface area contributed by atoms with Crippen LogP contribution in [0.1, 0.15) is 32.1 Å². The molecule has 0 heteroatoms. The van der Waals surface area contributed by atoms with Crippen molar-refractivity contribution in [1.29, 1.82) is 0 Å². The summed E-state index contributed by atoms with van der Waals surface area (Å²) < 4.78 is 0. The molecule has 0 unspecified atom stereocenters. The zero-order valence-corrected chi connectivity index (χ0v) is 9.31. The summed E-state index contributed by atoms with van der Waals surface area (Å²) in [5, 5.41) is 0. The molecule has 1 aliphatic carbocycles. The molecule has 0 nitrogen and oxygen atoms in total. The minimum atomic E-state index is 1.20. The Morgan fingerprint density at radius 2 is 0.800 bits per heavy atom. The molecule has 0 heterocycles. The highest BCUT2D eigenvalue weighted by molar-refractivity contribution is 5.17. The summed E-state index contributed by atoms with van der Waals surface area (Å²) in [6.45, 7) is 0. The highest BCUT2D eigenvalue weighted by atomic mass is 13.9. The van der Waals surface area contributed by atoms with Crippen molar-refractivity contribution in [3.05, 3.63) is 60.8 Å². The van der Waals surface area contributed by atoms with Crippen LogP contribution in [0.5, 0.6) is 0 Å². The summed E-state index contributed by atoms with van der Waals surface area (Å²) in [5.41, 5.74) is 0. The molecular weight excluding hydrogens is 180 g/mol. The molecule has 15 heavy (non-hydrogen) atoms. The van der Waals surface area contributed by atoms with Crippen LogP contribution in [0.3, 0.4) is 0 Å². The first-order valence-corrected chi connectivity index (χ1v) is 5.82. The normalized spacial score (nSPS) is 27.2. The minimum absolute atomic E-state index is 1.20. The molecule has 0 amide bonds. The predicted molar refractivity (Wildman–Crippen MR) is 68.8 cm³/mol. The standard InChI is InChI=1S/C15H20/c1-2-4-6-8-10-12-14-15-13-11-9-7-5-3-1/h1-10H,11-15H2/b2-1+,5-3-,6-4+,9-7?,10-8-. The lowest BCUT2D eigenvalue weighted by molar-refractivity contribution is 0.696. The van der Waals surface area contributed by atoms with Gasteiger partial charge in [0.2, 0.25) is 0 Å². The van der Waals surface area contributed by atoms with E-state index in [1.54, 1.807) is 0 Å². The third kappa shape index (κ3) is 7.75. The Morgan fingerprint density at radius 1 is 0.400 bits per heavy atom. The Morgan fingerprint density at radius 3 is 1.27 bits per heavy atom. The molecule has 0 saturated heterocycles. The summed E-state index contributed by atoms with van der Waals surface area (Å²) in [7, 11) is 0. The lowest BCUT2D eigenvalue weighted by Gasteiger charge is -1.94. The lowest BCUT2D eigenvalue weighted by Crippen LogP contribution is -1.74. The van der Waals surface area contributed by atoms with Gasteiger partial charge in [-0.1, -0.05) is 67.2 Å². The fraction of sp³-hybridized carbons (Fsp3) is 0.333. The van der Waals surface area contributed by atoms with Gasteiger partial charge in [0.25, 0.3) is 0 Å². The van der Waals surface area contributed by atoms with Gasteiger partial charge in [0, 0.05) is 0 Å². The summed E-state index contributed by atoms with van der Waals surface area (Å²) in [6, 6.07) is 0. The molecule has 0 radical (unpaired) electrons. The molecule has 0 aliphatic heterocycles. The maximum absolute atomic E-state index is 2.25. The summed E-state index contributed by atoms with van der Waals surface area (Å²) in [4.78, 5) is 0. The SMILES string of the molecule is C1=CCCCCC\C=C/C=C/C=C/C=C\1. The molecule has 80 valence electrons. The van der Waals surface area contributed by atoms with Crippen LogP contribution in [0.25, 0.3) is 0 Å². The van der Waals surface area contributed by atoms with Crippen LogP contribution in [0.4, 0.5) is 0 Å². The molecule has 1 aliphatic rings. The van der Waals surface area contributed by atoms with E-state index in [-0.39, 0.29) is 0 Å². The fourth-order valence-corrected chi connectivity index (χ4v) is 1.44. The Kier molecular flexibility index (Phi) is 7.27. The van der Waals surface area contributed by atoms with Gasteiger partial charge in [0.05, 0.1) is 0 Å². The van der Waals surface area contributed by atoms with E-state index in [0.29, 0.717) is 0 Å². The molecule has 0 bridgehead atoms. The Hall–Kier alpha value is -1.30. The van der Waals surface area contributed by atoms with Gasteiger partial charge >= 0.3 is 0 Å². The maximum Gasteiger partial charge on any atom is -0.0348 e. The van der Waals surface area contributed by atoms with Crippen LogP contribution >= 0.6 is 0 Å². The van der Waals surface area contributed by atoms with Crippen LogP contribution in [0.2, 0.25) is 0 Å². The monoisotopic (exact) mass is 200 g/mol. The van der Waals surface area contributed by atoms with E-state index in [0.717, 1.165) is 0 Å².